The molecule has 192 valence electrons. The Morgan fingerprint density at radius 2 is 1.97 bits per heavy atom. The summed E-state index contributed by atoms with van der Waals surface area (Å²) in [5.41, 5.74) is -3.33. The molecule has 1 aliphatic carbocycles. The number of hydrogen-bond acceptors (Lipinski definition) is 9. The molecule has 1 saturated carbocycles. The van der Waals surface area contributed by atoms with Crippen molar-refractivity contribution in [3.05, 3.63) is 61.5 Å². The van der Waals surface area contributed by atoms with E-state index in [1.807, 2.05) is 0 Å². The van der Waals surface area contributed by atoms with Crippen molar-refractivity contribution in [1.29, 1.82) is 0 Å². The molecule has 16 heteroatoms. The quantitative estimate of drug-likeness (QED) is 0.342. The number of aliphatic hydroxyl groups excluding tert-OH is 1. The molecule has 1 fully saturated rings. The minimum Gasteiger partial charge on any atom is -0.505 e. The molecule has 3 aromatic rings. The number of alkyl halides is 2. The fraction of sp³-hybridized carbons (Fsp3) is 0.300. The van der Waals surface area contributed by atoms with E-state index in [2.05, 4.69) is 14.8 Å². The number of ether oxygens (including phenoxy) is 1. The van der Waals surface area contributed by atoms with E-state index in [4.69, 9.17) is 16.3 Å². The normalized spacial score (nSPS) is 17.7. The predicted octanol–water partition coefficient (Wildman–Crippen LogP) is 1.51. The summed E-state index contributed by atoms with van der Waals surface area (Å²) in [7, 11) is -4.17. The third-order valence-electron chi connectivity index (χ3n) is 5.27. The van der Waals surface area contributed by atoms with Crippen molar-refractivity contribution in [3.8, 4) is 23.1 Å². The van der Waals surface area contributed by atoms with E-state index in [0.717, 1.165) is 18.3 Å². The zero-order valence-corrected chi connectivity index (χ0v) is 19.8. The van der Waals surface area contributed by atoms with Crippen molar-refractivity contribution in [1.82, 2.24) is 24.5 Å². The lowest BCUT2D eigenvalue weighted by Crippen LogP contribution is -2.46. The second-order valence-corrected chi connectivity index (χ2v) is 10.1. The smallest absolute Gasteiger partial charge is 0.349 e. The third kappa shape index (κ3) is 5.09. The molecular weight excluding hydrogens is 528 g/mol. The van der Waals surface area contributed by atoms with Gasteiger partial charge in [-0.15, -0.1) is 0 Å². The van der Waals surface area contributed by atoms with Crippen molar-refractivity contribution < 1.29 is 32.1 Å². The number of pyridine rings is 1. The Bertz CT molecular complexity index is 1530. The number of aliphatic hydroxyl groups is 1. The van der Waals surface area contributed by atoms with Crippen LogP contribution in [0.1, 0.15) is 30.5 Å². The largest absolute Gasteiger partial charge is 0.505 e. The Labute approximate surface area is 206 Å². The maximum atomic E-state index is 13.0. The van der Waals surface area contributed by atoms with Crippen LogP contribution in [0.4, 0.5) is 8.78 Å². The molecule has 0 saturated heterocycles. The number of halogens is 3. The van der Waals surface area contributed by atoms with Crippen LogP contribution >= 0.6 is 11.6 Å². The van der Waals surface area contributed by atoms with Crippen molar-refractivity contribution in [2.24, 2.45) is 0 Å². The lowest BCUT2D eigenvalue weighted by molar-refractivity contribution is 0.0712. The first kappa shape index (κ1) is 25.7. The van der Waals surface area contributed by atoms with Crippen LogP contribution in [0.2, 0.25) is 5.02 Å². The molecule has 4 N–H and O–H groups in total. The van der Waals surface area contributed by atoms with Gasteiger partial charge < -0.3 is 14.9 Å². The summed E-state index contributed by atoms with van der Waals surface area (Å²) >= 11 is 6.27. The van der Waals surface area contributed by atoms with Gasteiger partial charge in [0, 0.05) is 12.1 Å². The van der Waals surface area contributed by atoms with E-state index < -0.39 is 56.2 Å². The third-order valence-corrected chi connectivity index (χ3v) is 7.10. The minimum atomic E-state index is -4.17. The Morgan fingerprint density at radius 3 is 2.58 bits per heavy atom. The molecular formula is C20H18ClF2N5O7S. The van der Waals surface area contributed by atoms with E-state index in [1.165, 1.54) is 13.0 Å². The highest BCUT2D eigenvalue weighted by atomic mass is 35.5. The molecule has 0 amide bonds. The molecule has 2 aromatic heterocycles. The Balaban J connectivity index is 1.66. The number of nitrogens with zero attached hydrogens (tertiary/aromatic N) is 3. The van der Waals surface area contributed by atoms with Crippen LogP contribution < -0.4 is 20.7 Å². The van der Waals surface area contributed by atoms with Crippen molar-refractivity contribution in [2.45, 2.75) is 43.2 Å². The topological polar surface area (TPSA) is 176 Å². The van der Waals surface area contributed by atoms with Gasteiger partial charge >= 0.3 is 5.69 Å². The van der Waals surface area contributed by atoms with Crippen LogP contribution in [0, 0.1) is 6.92 Å². The molecule has 1 aromatic carbocycles. The van der Waals surface area contributed by atoms with E-state index in [-0.39, 0.29) is 40.7 Å². The summed E-state index contributed by atoms with van der Waals surface area (Å²) < 4.78 is 59.9. The van der Waals surface area contributed by atoms with E-state index in [9.17, 15) is 37.0 Å². The number of aryl methyl sites for hydroxylation is 1. The zero-order valence-electron chi connectivity index (χ0n) is 18.3. The maximum absolute atomic E-state index is 13.0. The van der Waals surface area contributed by atoms with Crippen molar-refractivity contribution in [2.75, 3.05) is 0 Å². The van der Waals surface area contributed by atoms with Crippen LogP contribution in [-0.2, 0) is 10.0 Å². The van der Waals surface area contributed by atoms with E-state index in [1.54, 1.807) is 4.98 Å². The number of H-pyrrole nitrogens is 1. The molecule has 2 heterocycles. The van der Waals surface area contributed by atoms with Crippen LogP contribution in [0.5, 0.6) is 17.4 Å². The van der Waals surface area contributed by atoms with E-state index >= 15 is 0 Å². The van der Waals surface area contributed by atoms with E-state index in [0.29, 0.717) is 4.68 Å². The molecule has 0 aliphatic heterocycles. The summed E-state index contributed by atoms with van der Waals surface area (Å²) in [5, 5.41) is 22.7. The zero-order chi connectivity index (χ0) is 26.4. The number of benzene rings is 1. The SMILES string of the molecule is Cc1cc(-n2nc(C(F)F)c(=O)[nH]c2=O)cc(Cl)c1Oc1cc(S(=O)(=O)NC2CC(O)C2)c(O)cn1. The summed E-state index contributed by atoms with van der Waals surface area (Å²) in [6.07, 6.45) is -2.48. The Hall–Kier alpha value is -3.40. The van der Waals surface area contributed by atoms with Gasteiger partial charge in [-0.25, -0.2) is 31.7 Å². The van der Waals surface area contributed by atoms with Gasteiger partial charge in [0.25, 0.3) is 12.0 Å². The number of aromatic hydroxyl groups is 1. The number of rotatable bonds is 7. The van der Waals surface area contributed by atoms with Gasteiger partial charge in [0.1, 0.15) is 4.90 Å². The van der Waals surface area contributed by atoms with Crippen molar-refractivity contribution >= 4 is 21.6 Å². The monoisotopic (exact) mass is 545 g/mol. The highest BCUT2D eigenvalue weighted by Crippen LogP contribution is 2.36. The minimum absolute atomic E-state index is 0.0106. The summed E-state index contributed by atoms with van der Waals surface area (Å²) in [6.45, 7) is 1.50. The van der Waals surface area contributed by atoms with Gasteiger partial charge in [0.15, 0.2) is 17.2 Å². The molecule has 0 bridgehead atoms. The van der Waals surface area contributed by atoms with Crippen LogP contribution in [-0.4, -0.2) is 50.5 Å². The first-order chi connectivity index (χ1) is 16.9. The van der Waals surface area contributed by atoms with Gasteiger partial charge in [-0.2, -0.15) is 9.78 Å². The number of nitrogens with one attached hydrogen (secondary N) is 2. The van der Waals surface area contributed by atoms with Crippen LogP contribution in [0.25, 0.3) is 5.69 Å². The standard InChI is InChI=1S/C20H18ClF2N5O7S/c1-8-2-10(28-20(32)25-19(31)16(26-28)18(22)23)5-12(21)17(8)35-15-6-14(13(30)7-24-15)36(33,34)27-9-3-11(29)4-9/h2,5-7,9,11,18,27,29-30H,3-4H2,1H3,(H,25,31,32). The molecule has 36 heavy (non-hydrogen) atoms. The van der Waals surface area contributed by atoms with Crippen LogP contribution in [0.3, 0.4) is 0 Å². The molecule has 0 spiro atoms. The highest BCUT2D eigenvalue weighted by molar-refractivity contribution is 7.89. The Kier molecular flexibility index (Phi) is 6.83. The summed E-state index contributed by atoms with van der Waals surface area (Å²) in [5.74, 6) is -0.895. The second kappa shape index (κ2) is 9.57. The van der Waals surface area contributed by atoms with Gasteiger partial charge in [-0.3, -0.25) is 9.78 Å². The molecule has 1 aliphatic rings. The van der Waals surface area contributed by atoms with Gasteiger partial charge in [0.05, 0.1) is 23.0 Å². The fourth-order valence-electron chi connectivity index (χ4n) is 3.45. The second-order valence-electron chi connectivity index (χ2n) is 7.97. The predicted molar refractivity (Wildman–Crippen MR) is 120 cm³/mol. The average molecular weight is 546 g/mol. The molecule has 0 radical (unpaired) electrons. The number of aromatic amines is 1. The average Bonchev–Trinajstić information content (AvgIpc) is 2.75. The number of sulfonamides is 1. The lowest BCUT2D eigenvalue weighted by atomic mass is 9.91. The first-order valence-corrected chi connectivity index (χ1v) is 12.1. The number of aromatic nitrogens is 4. The summed E-state index contributed by atoms with van der Waals surface area (Å²) in [6, 6.07) is 2.96. The first-order valence-electron chi connectivity index (χ1n) is 10.2. The fourth-order valence-corrected chi connectivity index (χ4v) is 5.09. The van der Waals surface area contributed by atoms with Gasteiger partial charge in [0.2, 0.25) is 15.9 Å². The highest BCUT2D eigenvalue weighted by Gasteiger charge is 2.32. The molecule has 0 unspecified atom stereocenters. The molecule has 4 rings (SSSR count). The van der Waals surface area contributed by atoms with Crippen molar-refractivity contribution in [3.63, 3.8) is 0 Å². The lowest BCUT2D eigenvalue weighted by Gasteiger charge is -2.31. The van der Waals surface area contributed by atoms with Crippen LogP contribution in [0.15, 0.2) is 38.9 Å². The molecule has 0 atom stereocenters. The maximum Gasteiger partial charge on any atom is 0.349 e. The Morgan fingerprint density at radius 1 is 1.28 bits per heavy atom. The summed E-state index contributed by atoms with van der Waals surface area (Å²) in [4.78, 5) is 28.7. The van der Waals surface area contributed by atoms with Gasteiger partial charge in [-0.1, -0.05) is 11.6 Å². The van der Waals surface area contributed by atoms with Gasteiger partial charge in [-0.05, 0) is 37.5 Å². The molecule has 12 nitrogen and oxygen atoms in total. The number of hydrogen-bond donors (Lipinski definition) is 4.